The highest BCUT2D eigenvalue weighted by Gasteiger charge is 2.34. The highest BCUT2D eigenvalue weighted by Crippen LogP contribution is 2.32. The van der Waals surface area contributed by atoms with Gasteiger partial charge in [-0.2, -0.15) is 0 Å². The third kappa shape index (κ3) is 5.32. The van der Waals surface area contributed by atoms with E-state index in [0.29, 0.717) is 44.5 Å². The number of aromatic nitrogens is 4. The minimum atomic E-state index is -1.45. The van der Waals surface area contributed by atoms with Crippen LogP contribution in [-0.4, -0.2) is 73.8 Å². The average molecular weight is 506 g/mol. The van der Waals surface area contributed by atoms with E-state index in [0.717, 1.165) is 34.9 Å². The van der Waals surface area contributed by atoms with Crippen LogP contribution in [0.3, 0.4) is 0 Å². The number of hydrogen-bond donors (Lipinski definition) is 3. The Morgan fingerprint density at radius 1 is 1.19 bits per heavy atom. The van der Waals surface area contributed by atoms with Crippen LogP contribution in [0.4, 0.5) is 17.5 Å². The van der Waals surface area contributed by atoms with Crippen molar-refractivity contribution in [2.24, 2.45) is 0 Å². The summed E-state index contributed by atoms with van der Waals surface area (Å²) in [5.41, 5.74) is 1.70. The van der Waals surface area contributed by atoms with E-state index in [1.54, 1.807) is 4.90 Å². The third-order valence-corrected chi connectivity index (χ3v) is 6.57. The van der Waals surface area contributed by atoms with E-state index in [1.807, 2.05) is 24.3 Å². The molecule has 0 bridgehead atoms. The normalized spacial score (nSPS) is 17.9. The van der Waals surface area contributed by atoms with Gasteiger partial charge in [0.2, 0.25) is 5.95 Å². The molecular weight excluding hydrogens is 474 g/mol. The molecule has 1 amide bonds. The summed E-state index contributed by atoms with van der Waals surface area (Å²) < 4.78 is 5.65. The highest BCUT2D eigenvalue weighted by molar-refractivity contribution is 5.84. The average Bonchev–Trinajstić information content (AvgIpc) is 2.87. The number of ether oxygens (including phenoxy) is 1. The molecule has 1 atom stereocenters. The molecule has 0 radical (unpaired) electrons. The molecule has 4 heterocycles. The number of rotatable bonds is 5. The molecule has 5 rings (SSSR count). The Morgan fingerprint density at radius 2 is 1.97 bits per heavy atom. The molecule has 0 aliphatic carbocycles. The van der Waals surface area contributed by atoms with Gasteiger partial charge >= 0.3 is 0 Å². The predicted octanol–water partition coefficient (Wildman–Crippen LogP) is 1.85. The number of carbonyl (C=O) groups excluding carboxylic acids is 1. The van der Waals surface area contributed by atoms with Gasteiger partial charge in [0.25, 0.3) is 11.5 Å². The summed E-state index contributed by atoms with van der Waals surface area (Å²) >= 11 is 0. The highest BCUT2D eigenvalue weighted by atomic mass is 16.5. The van der Waals surface area contributed by atoms with E-state index < -0.39 is 5.60 Å². The number of amides is 1. The first kappa shape index (κ1) is 24.8. The number of aliphatic hydroxyl groups is 1. The summed E-state index contributed by atoms with van der Waals surface area (Å²) in [5, 5.41) is 13.4. The summed E-state index contributed by atoms with van der Waals surface area (Å²) in [6.07, 6.45) is 2.05. The zero-order valence-electron chi connectivity index (χ0n) is 21.2. The maximum Gasteiger partial charge on any atom is 0.254 e. The second kappa shape index (κ2) is 9.91. The Morgan fingerprint density at radius 3 is 2.68 bits per heavy atom. The molecule has 37 heavy (non-hydrogen) atoms. The third-order valence-electron chi connectivity index (χ3n) is 6.57. The molecule has 11 heteroatoms. The van der Waals surface area contributed by atoms with Gasteiger partial charge < -0.3 is 25.0 Å². The lowest BCUT2D eigenvalue weighted by Gasteiger charge is -2.38. The predicted molar refractivity (Wildman–Crippen MR) is 139 cm³/mol. The molecule has 2 aliphatic rings. The van der Waals surface area contributed by atoms with E-state index in [1.165, 1.54) is 26.1 Å². The van der Waals surface area contributed by atoms with E-state index >= 15 is 0 Å². The number of nitrogens with one attached hydrogen (secondary N) is 2. The first-order valence-corrected chi connectivity index (χ1v) is 12.4. The standard InChI is InChI=1S/C26H31N7O4/c1-16-15-37-13-12-33(16)23-19-9-11-32(24(35)26(2,3)36)14-20(19)29-22(31-23)17-4-6-18(7-5-17)28-25-27-10-8-21(34)30-25/h4-8,10,16,36H,9,11-15H2,1-3H3,(H2,27,28,30,34)/t16-/m0/s1. The van der Waals surface area contributed by atoms with Crippen molar-refractivity contribution in [3.8, 4) is 11.4 Å². The van der Waals surface area contributed by atoms with Gasteiger partial charge in [0.05, 0.1) is 31.5 Å². The smallest absolute Gasteiger partial charge is 0.254 e. The maximum atomic E-state index is 12.8. The summed E-state index contributed by atoms with van der Waals surface area (Å²) in [7, 11) is 0. The second-order valence-corrected chi connectivity index (χ2v) is 9.93. The number of morpholine rings is 1. The summed E-state index contributed by atoms with van der Waals surface area (Å²) in [6.45, 7) is 7.90. The first-order chi connectivity index (χ1) is 17.7. The van der Waals surface area contributed by atoms with Gasteiger partial charge in [0.1, 0.15) is 11.4 Å². The number of anilines is 3. The molecule has 1 aromatic carbocycles. The molecule has 3 N–H and O–H groups in total. The molecule has 0 unspecified atom stereocenters. The Balaban J connectivity index is 1.49. The number of carbonyl (C=O) groups is 1. The fraction of sp³-hybridized carbons (Fsp3) is 0.423. The molecule has 194 valence electrons. The van der Waals surface area contributed by atoms with Crippen LogP contribution in [0.15, 0.2) is 41.3 Å². The lowest BCUT2D eigenvalue weighted by molar-refractivity contribution is -0.148. The maximum absolute atomic E-state index is 12.8. The summed E-state index contributed by atoms with van der Waals surface area (Å²) in [5.74, 6) is 1.47. The van der Waals surface area contributed by atoms with E-state index in [2.05, 4.69) is 27.1 Å². The Hall–Kier alpha value is -3.83. The van der Waals surface area contributed by atoms with Gasteiger partial charge in [-0.25, -0.2) is 15.0 Å². The van der Waals surface area contributed by atoms with E-state index in [9.17, 15) is 14.7 Å². The fourth-order valence-corrected chi connectivity index (χ4v) is 4.65. The van der Waals surface area contributed by atoms with Crippen LogP contribution in [0.25, 0.3) is 11.4 Å². The van der Waals surface area contributed by atoms with Gasteiger partial charge in [-0.1, -0.05) is 0 Å². The zero-order chi connectivity index (χ0) is 26.2. The minimum absolute atomic E-state index is 0.156. The topological polar surface area (TPSA) is 137 Å². The van der Waals surface area contributed by atoms with Crippen LogP contribution < -0.4 is 15.8 Å². The van der Waals surface area contributed by atoms with Crippen molar-refractivity contribution in [2.75, 3.05) is 36.5 Å². The Bertz CT molecular complexity index is 1350. The Labute approximate surface area is 214 Å². The van der Waals surface area contributed by atoms with E-state index in [-0.39, 0.29) is 17.5 Å². The second-order valence-electron chi connectivity index (χ2n) is 9.93. The van der Waals surface area contributed by atoms with Crippen molar-refractivity contribution in [2.45, 2.75) is 45.4 Å². The zero-order valence-corrected chi connectivity index (χ0v) is 21.2. The van der Waals surface area contributed by atoms with Crippen LogP contribution in [0, 0.1) is 0 Å². The lowest BCUT2D eigenvalue weighted by Crippen LogP contribution is -2.48. The molecule has 2 aromatic heterocycles. The molecule has 3 aromatic rings. The van der Waals surface area contributed by atoms with E-state index in [4.69, 9.17) is 14.7 Å². The molecule has 2 aliphatic heterocycles. The van der Waals surface area contributed by atoms with Crippen molar-refractivity contribution in [3.05, 3.63) is 58.1 Å². The minimum Gasteiger partial charge on any atom is -0.381 e. The number of benzene rings is 1. The molecule has 1 saturated heterocycles. The van der Waals surface area contributed by atoms with Crippen molar-refractivity contribution < 1.29 is 14.6 Å². The van der Waals surface area contributed by atoms with Crippen molar-refractivity contribution in [1.29, 1.82) is 0 Å². The van der Waals surface area contributed by atoms with Crippen LogP contribution in [-0.2, 0) is 22.5 Å². The Kier molecular flexibility index (Phi) is 6.65. The van der Waals surface area contributed by atoms with Gasteiger partial charge in [-0.05, 0) is 51.5 Å². The number of H-pyrrole nitrogens is 1. The van der Waals surface area contributed by atoms with Crippen LogP contribution in [0.5, 0.6) is 0 Å². The first-order valence-electron chi connectivity index (χ1n) is 12.4. The lowest BCUT2D eigenvalue weighted by atomic mass is 10.0. The summed E-state index contributed by atoms with van der Waals surface area (Å²) in [6, 6.07) is 9.05. The van der Waals surface area contributed by atoms with Crippen molar-refractivity contribution in [1.82, 2.24) is 24.8 Å². The van der Waals surface area contributed by atoms with Crippen LogP contribution in [0.1, 0.15) is 32.0 Å². The largest absolute Gasteiger partial charge is 0.381 e. The molecule has 0 spiro atoms. The molecule has 0 saturated carbocycles. The molecule has 11 nitrogen and oxygen atoms in total. The summed E-state index contributed by atoms with van der Waals surface area (Å²) in [4.78, 5) is 44.9. The van der Waals surface area contributed by atoms with Gasteiger partial charge in [0.15, 0.2) is 5.82 Å². The van der Waals surface area contributed by atoms with Gasteiger partial charge in [-0.3, -0.25) is 14.6 Å². The number of hydrogen-bond acceptors (Lipinski definition) is 9. The number of fused-ring (bicyclic) bond motifs is 1. The van der Waals surface area contributed by atoms with Crippen LogP contribution in [0.2, 0.25) is 0 Å². The van der Waals surface area contributed by atoms with Crippen molar-refractivity contribution in [3.63, 3.8) is 0 Å². The SMILES string of the molecule is C[C@H]1COCCN1c1nc(-c2ccc(Nc3nccc(=O)[nH]3)cc2)nc2c1CCN(C(=O)C(C)(C)O)C2. The van der Waals surface area contributed by atoms with Gasteiger partial charge in [-0.15, -0.1) is 0 Å². The fourth-order valence-electron chi connectivity index (χ4n) is 4.65. The van der Waals surface area contributed by atoms with Crippen LogP contribution >= 0.6 is 0 Å². The quantitative estimate of drug-likeness (QED) is 0.474. The number of nitrogens with zero attached hydrogens (tertiary/aromatic N) is 5. The monoisotopic (exact) mass is 505 g/mol. The van der Waals surface area contributed by atoms with Crippen molar-refractivity contribution >= 4 is 23.4 Å². The number of aromatic amines is 1. The molecule has 1 fully saturated rings. The molecular formula is C26H31N7O4. The van der Waals surface area contributed by atoms with Gasteiger partial charge in [0, 0.05) is 42.2 Å².